The number of amides is 1. The van der Waals surface area contributed by atoms with Crippen LogP contribution in [0.2, 0.25) is 5.02 Å². The van der Waals surface area contributed by atoms with E-state index in [0.29, 0.717) is 23.3 Å². The Morgan fingerprint density at radius 3 is 2.53 bits per heavy atom. The van der Waals surface area contributed by atoms with Gasteiger partial charge in [-0.1, -0.05) is 36.2 Å². The van der Waals surface area contributed by atoms with Crippen molar-refractivity contribution in [3.63, 3.8) is 0 Å². The van der Waals surface area contributed by atoms with Crippen molar-refractivity contribution in [1.82, 2.24) is 5.32 Å². The molecule has 0 heterocycles. The first-order valence-electron chi connectivity index (χ1n) is 10.1. The van der Waals surface area contributed by atoms with E-state index < -0.39 is 10.0 Å². The number of hydrogen-bond acceptors (Lipinski definition) is 4. The molecule has 0 radical (unpaired) electrons. The van der Waals surface area contributed by atoms with E-state index in [9.17, 15) is 13.2 Å². The van der Waals surface area contributed by atoms with Gasteiger partial charge in [-0.25, -0.2) is 8.42 Å². The van der Waals surface area contributed by atoms with E-state index in [1.807, 2.05) is 0 Å². The third-order valence-electron chi connectivity index (χ3n) is 6.13. The maximum Gasteiger partial charge on any atom is 0.264 e. The standard InChI is InChI=1S/C22H25ClN2O4S/c1-29-21-10-9-17(13-19(21)23)25(30(27,28)18-5-3-2-4-6-18)14-22(26)24-20-12-15-7-8-16(20)11-15/h2-6,9-10,13,15-16,20H,7-8,11-12,14H2,1H3,(H,24,26)/t15-,16-,20-/m0/s1. The van der Waals surface area contributed by atoms with Crippen molar-refractivity contribution >= 4 is 33.2 Å². The summed E-state index contributed by atoms with van der Waals surface area (Å²) in [6.45, 7) is -0.312. The first-order chi connectivity index (χ1) is 14.4. The summed E-state index contributed by atoms with van der Waals surface area (Å²) in [6, 6.07) is 12.9. The number of benzene rings is 2. The molecule has 2 fully saturated rings. The summed E-state index contributed by atoms with van der Waals surface area (Å²) < 4.78 is 33.0. The quantitative estimate of drug-likeness (QED) is 0.698. The minimum atomic E-state index is -3.96. The highest BCUT2D eigenvalue weighted by Crippen LogP contribution is 2.44. The molecule has 0 aliphatic heterocycles. The van der Waals surface area contributed by atoms with Crippen molar-refractivity contribution in [3.05, 3.63) is 53.6 Å². The van der Waals surface area contributed by atoms with E-state index in [4.69, 9.17) is 16.3 Å². The minimum absolute atomic E-state index is 0.115. The fraction of sp³-hybridized carbons (Fsp3) is 0.409. The number of fused-ring (bicyclic) bond motifs is 2. The van der Waals surface area contributed by atoms with Gasteiger partial charge in [-0.2, -0.15) is 0 Å². The molecular weight excluding hydrogens is 424 g/mol. The van der Waals surface area contributed by atoms with E-state index in [1.165, 1.54) is 31.7 Å². The number of rotatable bonds is 7. The molecular formula is C22H25ClN2O4S. The molecule has 4 rings (SSSR count). The van der Waals surface area contributed by atoms with E-state index in [0.717, 1.165) is 23.6 Å². The minimum Gasteiger partial charge on any atom is -0.495 e. The molecule has 2 aromatic rings. The van der Waals surface area contributed by atoms with Gasteiger partial charge in [0, 0.05) is 6.04 Å². The zero-order valence-corrected chi connectivity index (χ0v) is 18.3. The Morgan fingerprint density at radius 2 is 1.93 bits per heavy atom. The molecule has 2 aliphatic carbocycles. The Morgan fingerprint density at radius 1 is 1.17 bits per heavy atom. The number of carbonyl (C=O) groups excluding carboxylic acids is 1. The lowest BCUT2D eigenvalue weighted by atomic mass is 9.95. The fourth-order valence-corrected chi connectivity index (χ4v) is 6.34. The number of sulfonamides is 1. The average molecular weight is 449 g/mol. The summed E-state index contributed by atoms with van der Waals surface area (Å²) in [6.07, 6.45) is 4.51. The van der Waals surface area contributed by atoms with Gasteiger partial charge in [0.1, 0.15) is 12.3 Å². The van der Waals surface area contributed by atoms with Crippen LogP contribution in [0, 0.1) is 11.8 Å². The summed E-state index contributed by atoms with van der Waals surface area (Å²) in [5.41, 5.74) is 0.313. The number of nitrogens with one attached hydrogen (secondary N) is 1. The highest BCUT2D eigenvalue weighted by molar-refractivity contribution is 7.92. The fourth-order valence-electron chi connectivity index (χ4n) is 4.65. The van der Waals surface area contributed by atoms with Gasteiger partial charge >= 0.3 is 0 Å². The maximum atomic E-state index is 13.4. The Kier molecular flexibility index (Phi) is 5.93. The van der Waals surface area contributed by atoms with Crippen LogP contribution in [0.15, 0.2) is 53.4 Å². The lowest BCUT2D eigenvalue weighted by Crippen LogP contribution is -2.46. The normalized spacial score (nSPS) is 22.7. The van der Waals surface area contributed by atoms with Crippen LogP contribution in [0.3, 0.4) is 0 Å². The largest absolute Gasteiger partial charge is 0.495 e. The van der Waals surface area contributed by atoms with E-state index in [-0.39, 0.29) is 28.4 Å². The predicted molar refractivity (Wildman–Crippen MR) is 116 cm³/mol. The second-order valence-corrected chi connectivity index (χ2v) is 10.3. The number of halogens is 1. The Hall–Kier alpha value is -2.25. The van der Waals surface area contributed by atoms with Crippen LogP contribution in [0.5, 0.6) is 5.75 Å². The second-order valence-electron chi connectivity index (χ2n) is 7.99. The highest BCUT2D eigenvalue weighted by atomic mass is 35.5. The van der Waals surface area contributed by atoms with Crippen molar-refractivity contribution in [2.24, 2.45) is 11.8 Å². The molecule has 30 heavy (non-hydrogen) atoms. The molecule has 8 heteroatoms. The molecule has 0 spiro atoms. The van der Waals surface area contributed by atoms with Gasteiger partial charge < -0.3 is 10.1 Å². The Balaban J connectivity index is 1.61. The maximum absolute atomic E-state index is 13.4. The topological polar surface area (TPSA) is 75.7 Å². The van der Waals surface area contributed by atoms with Gasteiger partial charge in [0.05, 0.1) is 22.7 Å². The molecule has 6 nitrogen and oxygen atoms in total. The van der Waals surface area contributed by atoms with Crippen LogP contribution in [0.4, 0.5) is 5.69 Å². The Bertz CT molecular complexity index is 1030. The molecule has 2 bridgehead atoms. The molecule has 1 N–H and O–H groups in total. The van der Waals surface area contributed by atoms with Crippen molar-refractivity contribution in [2.45, 2.75) is 36.6 Å². The Labute approximate surface area is 182 Å². The van der Waals surface area contributed by atoms with Gasteiger partial charge in [0.15, 0.2) is 0 Å². The molecule has 0 saturated heterocycles. The van der Waals surface area contributed by atoms with E-state index >= 15 is 0 Å². The third kappa shape index (κ3) is 4.14. The first-order valence-corrected chi connectivity index (χ1v) is 11.9. The van der Waals surface area contributed by atoms with Gasteiger partial charge in [-0.05, 0) is 61.4 Å². The molecule has 0 aromatic heterocycles. The summed E-state index contributed by atoms with van der Waals surface area (Å²) >= 11 is 6.24. The van der Waals surface area contributed by atoms with Gasteiger partial charge in [-0.3, -0.25) is 9.10 Å². The number of hydrogen-bond donors (Lipinski definition) is 1. The lowest BCUT2D eigenvalue weighted by Gasteiger charge is -2.27. The van der Waals surface area contributed by atoms with E-state index in [2.05, 4.69) is 5.32 Å². The zero-order valence-electron chi connectivity index (χ0n) is 16.8. The number of nitrogens with zero attached hydrogens (tertiary/aromatic N) is 1. The van der Waals surface area contributed by atoms with Crippen LogP contribution in [-0.4, -0.2) is 34.0 Å². The van der Waals surface area contributed by atoms with Crippen molar-refractivity contribution in [1.29, 1.82) is 0 Å². The summed E-state index contributed by atoms with van der Waals surface area (Å²) in [5, 5.41) is 3.34. The smallest absolute Gasteiger partial charge is 0.264 e. The summed E-state index contributed by atoms with van der Waals surface area (Å²) in [5.74, 6) is 1.32. The summed E-state index contributed by atoms with van der Waals surface area (Å²) in [4.78, 5) is 13.0. The molecule has 3 atom stereocenters. The van der Waals surface area contributed by atoms with Crippen molar-refractivity contribution in [3.8, 4) is 5.75 Å². The van der Waals surface area contributed by atoms with Crippen LogP contribution in [0.25, 0.3) is 0 Å². The number of ether oxygens (including phenoxy) is 1. The van der Waals surface area contributed by atoms with E-state index in [1.54, 1.807) is 30.3 Å². The summed E-state index contributed by atoms with van der Waals surface area (Å²) in [7, 11) is -2.47. The second kappa shape index (κ2) is 8.47. The molecule has 0 unspecified atom stereocenters. The number of methoxy groups -OCH3 is 1. The van der Waals surface area contributed by atoms with Crippen LogP contribution in [-0.2, 0) is 14.8 Å². The van der Waals surface area contributed by atoms with Crippen LogP contribution < -0.4 is 14.4 Å². The monoisotopic (exact) mass is 448 g/mol. The highest BCUT2D eigenvalue weighted by Gasteiger charge is 2.40. The number of carbonyl (C=O) groups is 1. The molecule has 160 valence electrons. The van der Waals surface area contributed by atoms with Crippen LogP contribution >= 0.6 is 11.6 Å². The SMILES string of the molecule is COc1ccc(N(CC(=O)N[C@H]2C[C@H]3CC[C@H]2C3)S(=O)(=O)c2ccccc2)cc1Cl. The zero-order chi connectivity index (χ0) is 21.3. The van der Waals surface area contributed by atoms with Gasteiger partial charge in [0.2, 0.25) is 5.91 Å². The van der Waals surface area contributed by atoms with Crippen LogP contribution in [0.1, 0.15) is 25.7 Å². The van der Waals surface area contributed by atoms with Gasteiger partial charge in [-0.15, -0.1) is 0 Å². The molecule has 2 aliphatic rings. The first kappa shape index (κ1) is 21.0. The number of anilines is 1. The lowest BCUT2D eigenvalue weighted by molar-refractivity contribution is -0.120. The van der Waals surface area contributed by atoms with Crippen molar-refractivity contribution in [2.75, 3.05) is 18.0 Å². The van der Waals surface area contributed by atoms with Gasteiger partial charge in [0.25, 0.3) is 10.0 Å². The average Bonchev–Trinajstić information content (AvgIpc) is 3.36. The molecule has 1 amide bonds. The predicted octanol–water partition coefficient (Wildman–Crippen LogP) is 3.85. The molecule has 2 saturated carbocycles. The third-order valence-corrected chi connectivity index (χ3v) is 8.21. The molecule has 2 aromatic carbocycles. The van der Waals surface area contributed by atoms with Crippen molar-refractivity contribution < 1.29 is 17.9 Å².